The van der Waals surface area contributed by atoms with E-state index in [1.807, 2.05) is 0 Å². The normalized spacial score (nSPS) is 16.2. The summed E-state index contributed by atoms with van der Waals surface area (Å²) in [5.41, 5.74) is 1.86. The Morgan fingerprint density at radius 1 is 1.04 bits per heavy atom. The second kappa shape index (κ2) is 6.69. The molecule has 1 aromatic carbocycles. The maximum atomic E-state index is 12.6. The molecule has 0 amide bonds. The molecule has 8 heteroatoms. The number of rotatable bonds is 4. The van der Waals surface area contributed by atoms with E-state index in [1.165, 1.54) is 12.5 Å². The summed E-state index contributed by atoms with van der Waals surface area (Å²) in [7, 11) is -3.52. The molecule has 2 heterocycles. The number of hydrogen-bond donors (Lipinski definition) is 2. The number of aromatic amines is 1. The lowest BCUT2D eigenvalue weighted by molar-refractivity contribution is 0.412. The van der Waals surface area contributed by atoms with Gasteiger partial charge in [0.25, 0.3) is 5.56 Å². The summed E-state index contributed by atoms with van der Waals surface area (Å²) in [4.78, 5) is 16.0. The molecule has 0 aliphatic heterocycles. The Bertz CT molecular complexity index is 1080. The minimum atomic E-state index is -3.52. The van der Waals surface area contributed by atoms with Crippen LogP contribution in [0.15, 0.2) is 52.3 Å². The summed E-state index contributed by atoms with van der Waals surface area (Å²) in [6.07, 6.45) is 6.75. The molecule has 0 saturated heterocycles. The highest BCUT2D eigenvalue weighted by Gasteiger charge is 2.21. The first-order valence-electron chi connectivity index (χ1n) is 8.72. The van der Waals surface area contributed by atoms with E-state index in [2.05, 4.69) is 14.8 Å². The van der Waals surface area contributed by atoms with Gasteiger partial charge in [-0.25, -0.2) is 22.6 Å². The zero-order valence-electron chi connectivity index (χ0n) is 14.2. The number of nitrogens with zero attached hydrogens (tertiary/aromatic N) is 2. The van der Waals surface area contributed by atoms with Gasteiger partial charge in [-0.2, -0.15) is 0 Å². The van der Waals surface area contributed by atoms with E-state index in [4.69, 9.17) is 0 Å². The average molecular weight is 372 g/mol. The molecule has 1 aliphatic rings. The minimum absolute atomic E-state index is 0.0253. The van der Waals surface area contributed by atoms with Crippen molar-refractivity contribution in [3.63, 3.8) is 0 Å². The van der Waals surface area contributed by atoms with Crippen molar-refractivity contribution in [2.75, 3.05) is 0 Å². The SMILES string of the molecule is O=c1ccc2ncc(-c3ccc(S(=O)(=O)NC4CCCCC4)cc3)n2[nH]1. The molecule has 4 rings (SSSR count). The lowest BCUT2D eigenvalue weighted by Gasteiger charge is -2.22. The molecular formula is C18H20N4O3S. The molecule has 1 aliphatic carbocycles. The number of benzene rings is 1. The molecule has 0 bridgehead atoms. The number of aromatic nitrogens is 3. The highest BCUT2D eigenvalue weighted by Crippen LogP contribution is 2.23. The molecule has 0 radical (unpaired) electrons. The largest absolute Gasteiger partial charge is 0.268 e. The second-order valence-electron chi connectivity index (χ2n) is 6.63. The number of imidazole rings is 1. The van der Waals surface area contributed by atoms with E-state index in [9.17, 15) is 13.2 Å². The maximum absolute atomic E-state index is 12.6. The van der Waals surface area contributed by atoms with Crippen LogP contribution in [0.25, 0.3) is 16.9 Å². The van der Waals surface area contributed by atoms with Crippen LogP contribution < -0.4 is 10.3 Å². The Kier molecular flexibility index (Phi) is 4.37. The fourth-order valence-electron chi connectivity index (χ4n) is 3.42. The highest BCUT2D eigenvalue weighted by molar-refractivity contribution is 7.89. The van der Waals surface area contributed by atoms with Crippen LogP contribution in [0.2, 0.25) is 0 Å². The molecule has 0 spiro atoms. The van der Waals surface area contributed by atoms with Crippen molar-refractivity contribution in [2.24, 2.45) is 0 Å². The van der Waals surface area contributed by atoms with Crippen molar-refractivity contribution in [1.29, 1.82) is 0 Å². The van der Waals surface area contributed by atoms with Gasteiger partial charge >= 0.3 is 0 Å². The van der Waals surface area contributed by atoms with Crippen LogP contribution in [0.1, 0.15) is 32.1 Å². The van der Waals surface area contributed by atoms with Gasteiger partial charge in [0, 0.05) is 17.7 Å². The van der Waals surface area contributed by atoms with Gasteiger partial charge in [-0.15, -0.1) is 0 Å². The molecule has 2 N–H and O–H groups in total. The van der Waals surface area contributed by atoms with E-state index >= 15 is 0 Å². The second-order valence-corrected chi connectivity index (χ2v) is 8.34. The third kappa shape index (κ3) is 3.30. The molecule has 0 unspecified atom stereocenters. The predicted molar refractivity (Wildman–Crippen MR) is 98.4 cm³/mol. The standard InChI is InChI=1S/C18H20N4O3S/c23-18-11-10-17-19-12-16(22(17)20-18)13-6-8-15(9-7-13)26(24,25)21-14-4-2-1-3-5-14/h6-12,14,21H,1-5H2,(H,20,23). The molecule has 0 atom stereocenters. The summed E-state index contributed by atoms with van der Waals surface area (Å²) < 4.78 is 29.6. The summed E-state index contributed by atoms with van der Waals surface area (Å²) in [6.45, 7) is 0. The summed E-state index contributed by atoms with van der Waals surface area (Å²) in [6, 6.07) is 9.70. The summed E-state index contributed by atoms with van der Waals surface area (Å²) in [5, 5.41) is 2.70. The van der Waals surface area contributed by atoms with Crippen LogP contribution in [-0.2, 0) is 10.0 Å². The Balaban J connectivity index is 1.61. The Morgan fingerprint density at radius 2 is 1.77 bits per heavy atom. The van der Waals surface area contributed by atoms with Crippen LogP contribution in [-0.4, -0.2) is 29.1 Å². The van der Waals surface area contributed by atoms with E-state index < -0.39 is 10.0 Å². The topological polar surface area (TPSA) is 96.3 Å². The molecule has 3 aromatic rings. The fraction of sp³-hybridized carbons (Fsp3) is 0.333. The van der Waals surface area contributed by atoms with Crippen LogP contribution in [0.4, 0.5) is 0 Å². The van der Waals surface area contributed by atoms with Gasteiger partial charge in [0.05, 0.1) is 16.8 Å². The first-order chi connectivity index (χ1) is 12.5. The van der Waals surface area contributed by atoms with Crippen LogP contribution in [0, 0.1) is 0 Å². The van der Waals surface area contributed by atoms with E-state index in [0.29, 0.717) is 11.3 Å². The number of fused-ring (bicyclic) bond motifs is 1. The van der Waals surface area contributed by atoms with Gasteiger partial charge in [-0.3, -0.25) is 9.89 Å². The number of nitrogens with one attached hydrogen (secondary N) is 2. The van der Waals surface area contributed by atoms with Gasteiger partial charge in [-0.1, -0.05) is 31.4 Å². The molecule has 1 saturated carbocycles. The van der Waals surface area contributed by atoms with Gasteiger partial charge in [0.1, 0.15) is 0 Å². The van der Waals surface area contributed by atoms with E-state index in [-0.39, 0.29) is 16.5 Å². The lowest BCUT2D eigenvalue weighted by Crippen LogP contribution is -2.36. The Hall–Kier alpha value is -2.45. The Morgan fingerprint density at radius 3 is 2.50 bits per heavy atom. The zero-order valence-corrected chi connectivity index (χ0v) is 15.0. The van der Waals surface area contributed by atoms with Crippen molar-refractivity contribution in [2.45, 2.75) is 43.0 Å². The molecular weight excluding hydrogens is 352 g/mol. The molecule has 2 aromatic heterocycles. The van der Waals surface area contributed by atoms with Crippen molar-refractivity contribution in [1.82, 2.24) is 19.3 Å². The highest BCUT2D eigenvalue weighted by atomic mass is 32.2. The van der Waals surface area contributed by atoms with E-state index in [1.54, 1.807) is 41.0 Å². The average Bonchev–Trinajstić information content (AvgIpc) is 3.05. The number of H-pyrrole nitrogens is 1. The van der Waals surface area contributed by atoms with Crippen LogP contribution >= 0.6 is 0 Å². The number of sulfonamides is 1. The predicted octanol–water partition coefficient (Wildman–Crippen LogP) is 2.30. The fourth-order valence-corrected chi connectivity index (χ4v) is 4.72. The Labute approximate surface area is 151 Å². The third-order valence-electron chi connectivity index (χ3n) is 4.78. The maximum Gasteiger partial charge on any atom is 0.263 e. The van der Waals surface area contributed by atoms with Crippen molar-refractivity contribution >= 4 is 15.7 Å². The molecule has 1 fully saturated rings. The van der Waals surface area contributed by atoms with Gasteiger partial charge in [0.2, 0.25) is 10.0 Å². The van der Waals surface area contributed by atoms with Gasteiger partial charge < -0.3 is 0 Å². The van der Waals surface area contributed by atoms with Gasteiger partial charge in [-0.05, 0) is 31.0 Å². The molecule has 136 valence electrons. The van der Waals surface area contributed by atoms with Gasteiger partial charge in [0.15, 0.2) is 5.65 Å². The lowest BCUT2D eigenvalue weighted by atomic mass is 9.96. The first kappa shape index (κ1) is 17.0. The number of hydrogen-bond acceptors (Lipinski definition) is 4. The summed E-state index contributed by atoms with van der Waals surface area (Å²) >= 11 is 0. The molecule has 7 nitrogen and oxygen atoms in total. The molecule has 26 heavy (non-hydrogen) atoms. The zero-order chi connectivity index (χ0) is 18.1. The third-order valence-corrected chi connectivity index (χ3v) is 6.32. The smallest absolute Gasteiger partial charge is 0.263 e. The monoisotopic (exact) mass is 372 g/mol. The summed E-state index contributed by atoms with van der Waals surface area (Å²) in [5.74, 6) is 0. The van der Waals surface area contributed by atoms with Crippen molar-refractivity contribution in [3.05, 3.63) is 52.9 Å². The quantitative estimate of drug-likeness (QED) is 0.734. The first-order valence-corrected chi connectivity index (χ1v) is 10.2. The van der Waals surface area contributed by atoms with Crippen LogP contribution in [0.5, 0.6) is 0 Å². The van der Waals surface area contributed by atoms with E-state index in [0.717, 1.165) is 31.2 Å². The van der Waals surface area contributed by atoms with Crippen molar-refractivity contribution < 1.29 is 8.42 Å². The minimum Gasteiger partial charge on any atom is -0.268 e. The van der Waals surface area contributed by atoms with Crippen molar-refractivity contribution in [3.8, 4) is 11.3 Å². The van der Waals surface area contributed by atoms with Crippen LogP contribution in [0.3, 0.4) is 0 Å².